The number of fused-ring (bicyclic) bond motifs is 2. The first kappa shape index (κ1) is 22.3. The molecule has 3 aromatic carbocycles. The number of aliphatic hydroxyl groups excluding tert-OH is 2. The van der Waals surface area contributed by atoms with Crippen LogP contribution in [0, 0.1) is 0 Å². The maximum Gasteiger partial charge on any atom is 0.135 e. The molecule has 0 amide bonds. The molecule has 3 rings (SSSR count). The summed E-state index contributed by atoms with van der Waals surface area (Å²) in [6.07, 6.45) is -1.43. The van der Waals surface area contributed by atoms with E-state index in [2.05, 4.69) is 0 Å². The fraction of sp³-hybridized carbons (Fsp3) is 0.417. The van der Waals surface area contributed by atoms with Crippen molar-refractivity contribution in [3.63, 3.8) is 0 Å². The summed E-state index contributed by atoms with van der Waals surface area (Å²) in [7, 11) is 0. The predicted octanol–water partition coefficient (Wildman–Crippen LogP) is 3.55. The molecule has 0 aromatic heterocycles. The molecule has 6 heteroatoms. The zero-order valence-corrected chi connectivity index (χ0v) is 17.5. The number of ether oxygens (including phenoxy) is 4. The van der Waals surface area contributed by atoms with Crippen molar-refractivity contribution in [1.29, 1.82) is 0 Å². The average molecular weight is 414 g/mol. The van der Waals surface area contributed by atoms with Gasteiger partial charge in [-0.15, -0.1) is 0 Å². The minimum Gasteiger partial charge on any atom is -0.489 e. The molecule has 2 unspecified atom stereocenters. The van der Waals surface area contributed by atoms with E-state index in [1.165, 1.54) is 0 Å². The van der Waals surface area contributed by atoms with E-state index in [1.807, 2.05) is 62.4 Å². The molecule has 0 radical (unpaired) electrons. The number of rotatable bonds is 12. The summed E-state index contributed by atoms with van der Waals surface area (Å²) in [5.41, 5.74) is 0. The summed E-state index contributed by atoms with van der Waals surface area (Å²) in [6, 6.07) is 15.6. The molecule has 6 nitrogen and oxygen atoms in total. The summed E-state index contributed by atoms with van der Waals surface area (Å²) in [5.74, 6) is 1.39. The molecule has 0 saturated carbocycles. The van der Waals surface area contributed by atoms with Crippen molar-refractivity contribution in [3.8, 4) is 11.5 Å². The lowest BCUT2D eigenvalue weighted by Gasteiger charge is -2.20. The maximum atomic E-state index is 10.1. The smallest absolute Gasteiger partial charge is 0.135 e. The van der Waals surface area contributed by atoms with Gasteiger partial charge in [0.1, 0.15) is 36.9 Å². The van der Waals surface area contributed by atoms with Crippen molar-refractivity contribution in [2.75, 3.05) is 39.6 Å². The van der Waals surface area contributed by atoms with Gasteiger partial charge in [0.15, 0.2) is 0 Å². The van der Waals surface area contributed by atoms with Crippen LogP contribution in [-0.2, 0) is 9.47 Å². The van der Waals surface area contributed by atoms with Gasteiger partial charge in [-0.05, 0) is 13.8 Å². The van der Waals surface area contributed by atoms with Gasteiger partial charge in [-0.2, -0.15) is 0 Å². The first-order valence-electron chi connectivity index (χ1n) is 10.4. The van der Waals surface area contributed by atoms with Crippen molar-refractivity contribution in [2.45, 2.75) is 26.1 Å². The van der Waals surface area contributed by atoms with Gasteiger partial charge in [0.25, 0.3) is 0 Å². The van der Waals surface area contributed by atoms with Crippen molar-refractivity contribution in [3.05, 3.63) is 48.5 Å². The first-order chi connectivity index (χ1) is 14.7. The van der Waals surface area contributed by atoms with Gasteiger partial charge < -0.3 is 29.2 Å². The zero-order chi connectivity index (χ0) is 21.3. The van der Waals surface area contributed by atoms with E-state index in [0.717, 1.165) is 21.5 Å². The Kier molecular flexibility index (Phi) is 8.28. The summed E-state index contributed by atoms with van der Waals surface area (Å²) < 4.78 is 22.7. The van der Waals surface area contributed by atoms with E-state index in [4.69, 9.17) is 18.9 Å². The standard InChI is InChI=1S/C24H30O6/c1-3-27-13-17(25)15-29-23-19-9-5-7-11-21(19)24(22-12-8-6-10-20(22)23)30-16-18(26)14-28-4-2/h5-12,17-18,25-26H,3-4,13-16H2,1-2H3. The zero-order valence-electron chi connectivity index (χ0n) is 17.5. The molecule has 2 N–H and O–H groups in total. The van der Waals surface area contributed by atoms with Gasteiger partial charge >= 0.3 is 0 Å². The largest absolute Gasteiger partial charge is 0.489 e. The number of hydrogen-bond acceptors (Lipinski definition) is 6. The topological polar surface area (TPSA) is 77.4 Å². The molecule has 0 spiro atoms. The number of aliphatic hydroxyl groups is 2. The summed E-state index contributed by atoms with van der Waals surface area (Å²) in [6.45, 7) is 5.57. The van der Waals surface area contributed by atoms with Crippen molar-refractivity contribution in [1.82, 2.24) is 0 Å². The quantitative estimate of drug-likeness (QED) is 0.442. The van der Waals surface area contributed by atoms with E-state index >= 15 is 0 Å². The van der Waals surface area contributed by atoms with E-state index in [1.54, 1.807) is 0 Å². The SMILES string of the molecule is CCOCC(O)COc1c2ccccc2c(OCC(O)COCC)c2ccccc12. The van der Waals surface area contributed by atoms with Crippen LogP contribution in [0.25, 0.3) is 21.5 Å². The molecular formula is C24H30O6. The van der Waals surface area contributed by atoms with Gasteiger partial charge in [-0.1, -0.05) is 48.5 Å². The summed E-state index contributed by atoms with van der Waals surface area (Å²) >= 11 is 0. The monoisotopic (exact) mass is 414 g/mol. The first-order valence-corrected chi connectivity index (χ1v) is 10.4. The third-order valence-electron chi connectivity index (χ3n) is 4.70. The Morgan fingerprint density at radius 1 is 0.600 bits per heavy atom. The highest BCUT2D eigenvalue weighted by Gasteiger charge is 2.18. The van der Waals surface area contributed by atoms with E-state index < -0.39 is 12.2 Å². The minimum atomic E-state index is -0.716. The molecule has 0 bridgehead atoms. The molecule has 162 valence electrons. The van der Waals surface area contributed by atoms with Crippen LogP contribution in [0.1, 0.15) is 13.8 Å². The normalized spacial score (nSPS) is 13.5. The second-order valence-corrected chi connectivity index (χ2v) is 7.00. The van der Waals surface area contributed by atoms with Gasteiger partial charge in [-0.3, -0.25) is 0 Å². The summed E-state index contributed by atoms with van der Waals surface area (Å²) in [5, 5.41) is 23.8. The second-order valence-electron chi connectivity index (χ2n) is 7.00. The number of hydrogen-bond donors (Lipinski definition) is 2. The molecule has 3 aromatic rings. The van der Waals surface area contributed by atoms with Crippen LogP contribution < -0.4 is 9.47 Å². The molecule has 0 aliphatic rings. The molecule has 0 fully saturated rings. The lowest BCUT2D eigenvalue weighted by Crippen LogP contribution is -2.24. The molecule has 0 saturated heterocycles. The van der Waals surface area contributed by atoms with E-state index in [0.29, 0.717) is 24.7 Å². The molecule has 30 heavy (non-hydrogen) atoms. The minimum absolute atomic E-state index is 0.126. The van der Waals surface area contributed by atoms with Crippen LogP contribution in [0.4, 0.5) is 0 Å². The molecule has 2 atom stereocenters. The highest BCUT2D eigenvalue weighted by atomic mass is 16.5. The van der Waals surface area contributed by atoms with Gasteiger partial charge in [-0.25, -0.2) is 0 Å². The Balaban J connectivity index is 1.96. The van der Waals surface area contributed by atoms with E-state index in [-0.39, 0.29) is 26.4 Å². The predicted molar refractivity (Wildman–Crippen MR) is 117 cm³/mol. The lowest BCUT2D eigenvalue weighted by molar-refractivity contribution is 0.0166. The number of benzene rings is 3. The fourth-order valence-corrected chi connectivity index (χ4v) is 3.32. The molecule has 0 aliphatic heterocycles. The third-order valence-corrected chi connectivity index (χ3v) is 4.70. The van der Waals surface area contributed by atoms with Gasteiger partial charge in [0, 0.05) is 34.8 Å². The van der Waals surface area contributed by atoms with Crippen molar-refractivity contribution in [2.24, 2.45) is 0 Å². The van der Waals surface area contributed by atoms with Gasteiger partial charge in [0.05, 0.1) is 13.2 Å². The van der Waals surface area contributed by atoms with Crippen LogP contribution in [0.3, 0.4) is 0 Å². The van der Waals surface area contributed by atoms with Crippen LogP contribution in [0.15, 0.2) is 48.5 Å². The van der Waals surface area contributed by atoms with Gasteiger partial charge in [0.2, 0.25) is 0 Å². The molecular weight excluding hydrogens is 384 g/mol. The highest BCUT2D eigenvalue weighted by Crippen LogP contribution is 2.42. The average Bonchev–Trinajstić information content (AvgIpc) is 2.78. The fourth-order valence-electron chi connectivity index (χ4n) is 3.32. The van der Waals surface area contributed by atoms with Crippen molar-refractivity contribution < 1.29 is 29.2 Å². The van der Waals surface area contributed by atoms with Crippen LogP contribution in [-0.4, -0.2) is 62.1 Å². The Morgan fingerprint density at radius 3 is 1.23 bits per heavy atom. The molecule has 0 heterocycles. The molecule has 0 aliphatic carbocycles. The second kappa shape index (κ2) is 11.1. The maximum absolute atomic E-state index is 10.1. The van der Waals surface area contributed by atoms with Crippen molar-refractivity contribution >= 4 is 21.5 Å². The Bertz CT molecular complexity index is 809. The van der Waals surface area contributed by atoms with E-state index in [9.17, 15) is 10.2 Å². The van der Waals surface area contributed by atoms with Crippen LogP contribution in [0.2, 0.25) is 0 Å². The van der Waals surface area contributed by atoms with Crippen LogP contribution in [0.5, 0.6) is 11.5 Å². The Labute approximate surface area is 176 Å². The third kappa shape index (κ3) is 5.40. The Hall–Kier alpha value is -2.38. The Morgan fingerprint density at radius 2 is 0.933 bits per heavy atom. The lowest BCUT2D eigenvalue weighted by atomic mass is 10.0. The highest BCUT2D eigenvalue weighted by molar-refractivity contribution is 6.11. The summed E-state index contributed by atoms with van der Waals surface area (Å²) in [4.78, 5) is 0. The van der Waals surface area contributed by atoms with Crippen LogP contribution >= 0.6 is 0 Å².